The first-order chi connectivity index (χ1) is 12.2. The summed E-state index contributed by atoms with van der Waals surface area (Å²) in [6.45, 7) is 5.95. The second kappa shape index (κ2) is 7.24. The summed E-state index contributed by atoms with van der Waals surface area (Å²) in [6, 6.07) is 8.58. The molecule has 25 heavy (non-hydrogen) atoms. The lowest BCUT2D eigenvalue weighted by Gasteiger charge is -2.52. The van der Waals surface area contributed by atoms with Gasteiger partial charge < -0.3 is 19.9 Å². The van der Waals surface area contributed by atoms with E-state index in [1.54, 1.807) is 0 Å². The number of urea groups is 1. The highest BCUT2D eigenvalue weighted by Crippen LogP contribution is 2.43. The van der Waals surface area contributed by atoms with Crippen LogP contribution in [0.25, 0.3) is 0 Å². The van der Waals surface area contributed by atoms with Gasteiger partial charge in [0.15, 0.2) is 0 Å². The third kappa shape index (κ3) is 3.76. The van der Waals surface area contributed by atoms with Gasteiger partial charge in [-0.15, -0.1) is 0 Å². The van der Waals surface area contributed by atoms with Crippen molar-refractivity contribution in [2.75, 3.05) is 44.3 Å². The largest absolute Gasteiger partial charge is 0.378 e. The van der Waals surface area contributed by atoms with E-state index >= 15 is 0 Å². The standard InChI is InChI=1S/C20H29N3O2/c24-19(23-15-20(16-23)7-2-1-3-8-20)21-14-17-5-4-6-18(13-17)22-9-11-25-12-10-22/h4-6,13H,1-3,7-12,14-16H2,(H,21,24). The van der Waals surface area contributed by atoms with E-state index in [2.05, 4.69) is 34.5 Å². The summed E-state index contributed by atoms with van der Waals surface area (Å²) in [4.78, 5) is 16.7. The van der Waals surface area contributed by atoms with Gasteiger partial charge in [0, 0.05) is 43.8 Å². The van der Waals surface area contributed by atoms with Gasteiger partial charge in [-0.05, 0) is 30.5 Å². The Balaban J connectivity index is 1.27. The van der Waals surface area contributed by atoms with Crippen LogP contribution in [0.4, 0.5) is 10.5 Å². The molecule has 3 aliphatic rings. The number of likely N-dealkylation sites (tertiary alicyclic amines) is 1. The van der Waals surface area contributed by atoms with Crippen LogP contribution in [0.1, 0.15) is 37.7 Å². The van der Waals surface area contributed by atoms with E-state index in [0.717, 1.165) is 45.0 Å². The lowest BCUT2D eigenvalue weighted by molar-refractivity contribution is 0.000803. The molecular weight excluding hydrogens is 314 g/mol. The minimum Gasteiger partial charge on any atom is -0.378 e. The van der Waals surface area contributed by atoms with Crippen molar-refractivity contribution in [3.8, 4) is 0 Å². The van der Waals surface area contributed by atoms with Crippen LogP contribution in [0, 0.1) is 5.41 Å². The Morgan fingerprint density at radius 2 is 1.88 bits per heavy atom. The van der Waals surface area contributed by atoms with Crippen LogP contribution in [-0.2, 0) is 11.3 Å². The lowest BCUT2D eigenvalue weighted by Crippen LogP contribution is -2.61. The molecular formula is C20H29N3O2. The van der Waals surface area contributed by atoms with E-state index in [1.165, 1.54) is 37.8 Å². The first-order valence-corrected chi connectivity index (χ1v) is 9.69. The molecule has 1 spiro atoms. The van der Waals surface area contributed by atoms with Crippen LogP contribution >= 0.6 is 0 Å². The smallest absolute Gasteiger partial charge is 0.317 e. The topological polar surface area (TPSA) is 44.8 Å². The number of nitrogens with one attached hydrogen (secondary N) is 1. The molecule has 136 valence electrons. The number of rotatable bonds is 3. The monoisotopic (exact) mass is 343 g/mol. The summed E-state index contributed by atoms with van der Waals surface area (Å²) in [6.07, 6.45) is 6.65. The Labute approximate surface area is 150 Å². The summed E-state index contributed by atoms with van der Waals surface area (Å²) < 4.78 is 5.42. The van der Waals surface area contributed by atoms with Gasteiger partial charge in [0.25, 0.3) is 0 Å². The molecule has 0 unspecified atom stereocenters. The Morgan fingerprint density at radius 3 is 2.64 bits per heavy atom. The molecule has 1 N–H and O–H groups in total. The Kier molecular flexibility index (Phi) is 4.84. The van der Waals surface area contributed by atoms with Crippen LogP contribution < -0.4 is 10.2 Å². The van der Waals surface area contributed by atoms with Crippen molar-refractivity contribution < 1.29 is 9.53 Å². The predicted molar refractivity (Wildman–Crippen MR) is 98.8 cm³/mol. The molecule has 1 saturated carbocycles. The van der Waals surface area contributed by atoms with E-state index in [9.17, 15) is 4.79 Å². The zero-order chi connectivity index (χ0) is 17.1. The minimum absolute atomic E-state index is 0.0907. The van der Waals surface area contributed by atoms with Crippen LogP contribution in [-0.4, -0.2) is 50.3 Å². The molecule has 0 radical (unpaired) electrons. The van der Waals surface area contributed by atoms with Crippen molar-refractivity contribution in [1.82, 2.24) is 10.2 Å². The van der Waals surface area contributed by atoms with E-state index in [4.69, 9.17) is 4.74 Å². The molecule has 1 aliphatic carbocycles. The van der Waals surface area contributed by atoms with E-state index in [0.29, 0.717) is 12.0 Å². The van der Waals surface area contributed by atoms with E-state index in [-0.39, 0.29) is 6.03 Å². The molecule has 2 amide bonds. The number of carbonyl (C=O) groups is 1. The summed E-state index contributed by atoms with van der Waals surface area (Å²) in [5.41, 5.74) is 2.83. The van der Waals surface area contributed by atoms with Gasteiger partial charge in [-0.3, -0.25) is 0 Å². The second-order valence-electron chi connectivity index (χ2n) is 7.84. The number of carbonyl (C=O) groups excluding carboxylic acids is 1. The lowest BCUT2D eigenvalue weighted by atomic mass is 9.69. The van der Waals surface area contributed by atoms with E-state index < -0.39 is 0 Å². The minimum atomic E-state index is 0.0907. The Hall–Kier alpha value is -1.75. The Bertz CT molecular complexity index is 599. The van der Waals surface area contributed by atoms with E-state index in [1.807, 2.05) is 4.90 Å². The normalized spacial score (nSPS) is 22.6. The van der Waals surface area contributed by atoms with Gasteiger partial charge in [0.1, 0.15) is 0 Å². The molecule has 0 atom stereocenters. The van der Waals surface area contributed by atoms with Gasteiger partial charge in [-0.25, -0.2) is 4.79 Å². The average Bonchev–Trinajstić information content (AvgIpc) is 2.66. The highest BCUT2D eigenvalue weighted by molar-refractivity contribution is 5.75. The number of nitrogens with zero attached hydrogens (tertiary/aromatic N) is 2. The maximum Gasteiger partial charge on any atom is 0.317 e. The van der Waals surface area contributed by atoms with Crippen LogP contribution in [0.5, 0.6) is 0 Å². The fourth-order valence-electron chi connectivity index (χ4n) is 4.50. The quantitative estimate of drug-likeness (QED) is 0.918. The molecule has 2 heterocycles. The van der Waals surface area contributed by atoms with Crippen LogP contribution in [0.15, 0.2) is 24.3 Å². The molecule has 0 bridgehead atoms. The Morgan fingerprint density at radius 1 is 1.12 bits per heavy atom. The number of morpholine rings is 1. The van der Waals surface area contributed by atoms with Crippen molar-refractivity contribution in [2.24, 2.45) is 5.41 Å². The summed E-state index contributed by atoms with van der Waals surface area (Å²) in [5.74, 6) is 0. The second-order valence-corrected chi connectivity index (χ2v) is 7.84. The third-order valence-corrected chi connectivity index (χ3v) is 5.98. The van der Waals surface area contributed by atoms with Crippen molar-refractivity contribution in [3.05, 3.63) is 29.8 Å². The summed E-state index contributed by atoms with van der Waals surface area (Å²) in [5, 5.41) is 3.10. The zero-order valence-electron chi connectivity index (χ0n) is 15.0. The van der Waals surface area contributed by atoms with Crippen molar-refractivity contribution in [2.45, 2.75) is 38.6 Å². The SMILES string of the molecule is O=C(NCc1cccc(N2CCOCC2)c1)N1CC2(CCCCC2)C1. The fourth-order valence-corrected chi connectivity index (χ4v) is 4.50. The first-order valence-electron chi connectivity index (χ1n) is 9.69. The number of hydrogen-bond donors (Lipinski definition) is 1. The maximum absolute atomic E-state index is 12.4. The van der Waals surface area contributed by atoms with Crippen molar-refractivity contribution in [3.63, 3.8) is 0 Å². The van der Waals surface area contributed by atoms with Gasteiger partial charge in [-0.1, -0.05) is 31.4 Å². The molecule has 3 fully saturated rings. The molecule has 5 heteroatoms. The first kappa shape index (κ1) is 16.7. The van der Waals surface area contributed by atoms with Crippen molar-refractivity contribution in [1.29, 1.82) is 0 Å². The molecule has 4 rings (SSSR count). The van der Waals surface area contributed by atoms with Crippen LogP contribution in [0.2, 0.25) is 0 Å². The van der Waals surface area contributed by atoms with Gasteiger partial charge in [0.05, 0.1) is 13.2 Å². The fraction of sp³-hybridized carbons (Fsp3) is 0.650. The molecule has 1 aromatic carbocycles. The van der Waals surface area contributed by atoms with Gasteiger partial charge in [-0.2, -0.15) is 0 Å². The maximum atomic E-state index is 12.4. The molecule has 2 aliphatic heterocycles. The number of ether oxygens (including phenoxy) is 1. The molecule has 1 aromatic rings. The third-order valence-electron chi connectivity index (χ3n) is 5.98. The summed E-state index contributed by atoms with van der Waals surface area (Å²) in [7, 11) is 0. The number of hydrogen-bond acceptors (Lipinski definition) is 3. The highest BCUT2D eigenvalue weighted by atomic mass is 16.5. The zero-order valence-corrected chi connectivity index (χ0v) is 15.0. The molecule has 5 nitrogen and oxygen atoms in total. The number of amides is 2. The summed E-state index contributed by atoms with van der Waals surface area (Å²) >= 11 is 0. The molecule has 2 saturated heterocycles. The number of anilines is 1. The molecule has 0 aromatic heterocycles. The predicted octanol–water partition coefficient (Wildman–Crippen LogP) is 3.00. The number of benzene rings is 1. The van der Waals surface area contributed by atoms with Gasteiger partial charge >= 0.3 is 6.03 Å². The van der Waals surface area contributed by atoms with Gasteiger partial charge in [0.2, 0.25) is 0 Å². The average molecular weight is 343 g/mol. The van der Waals surface area contributed by atoms with Crippen molar-refractivity contribution >= 4 is 11.7 Å². The van der Waals surface area contributed by atoms with Crippen LogP contribution in [0.3, 0.4) is 0 Å². The highest BCUT2D eigenvalue weighted by Gasteiger charge is 2.45.